The van der Waals surface area contributed by atoms with Gasteiger partial charge in [-0.05, 0) is 39.0 Å². The van der Waals surface area contributed by atoms with Crippen molar-refractivity contribution in [1.82, 2.24) is 10.9 Å². The number of ether oxygens (including phenoxy) is 4. The van der Waals surface area contributed by atoms with Gasteiger partial charge in [0, 0.05) is 11.6 Å². The summed E-state index contributed by atoms with van der Waals surface area (Å²) < 4.78 is 21.3. The third-order valence-corrected chi connectivity index (χ3v) is 4.10. The first kappa shape index (κ1) is 24.3. The van der Waals surface area contributed by atoms with Gasteiger partial charge in [-0.3, -0.25) is 30.6 Å². The topological polar surface area (TPSA) is 138 Å². The molecule has 0 atom stereocenters. The lowest BCUT2D eigenvalue weighted by atomic mass is 10.1. The lowest BCUT2D eigenvalue weighted by molar-refractivity contribution is -0.385. The summed E-state index contributed by atoms with van der Waals surface area (Å²) in [6.07, 6.45) is -0.0928. The van der Waals surface area contributed by atoms with Crippen LogP contribution >= 0.6 is 0 Å². The van der Waals surface area contributed by atoms with Crippen LogP contribution in [0.15, 0.2) is 30.3 Å². The third kappa shape index (κ3) is 5.78. The van der Waals surface area contributed by atoms with Crippen LogP contribution in [0.25, 0.3) is 0 Å². The van der Waals surface area contributed by atoms with Crippen molar-refractivity contribution in [3.63, 3.8) is 0 Å². The van der Waals surface area contributed by atoms with Crippen LogP contribution in [0.4, 0.5) is 5.69 Å². The first-order chi connectivity index (χ1) is 15.2. The maximum absolute atomic E-state index is 12.6. The quantitative estimate of drug-likeness (QED) is 0.442. The Hall–Kier alpha value is -4.02. The van der Waals surface area contributed by atoms with Crippen LogP contribution in [0.1, 0.15) is 41.5 Å². The number of methoxy groups -OCH3 is 2. The largest absolute Gasteiger partial charge is 0.493 e. The number of rotatable bonds is 9. The van der Waals surface area contributed by atoms with Crippen molar-refractivity contribution in [2.75, 3.05) is 20.8 Å². The zero-order valence-electron chi connectivity index (χ0n) is 18.4. The van der Waals surface area contributed by atoms with Gasteiger partial charge in [0.2, 0.25) is 0 Å². The SMILES string of the molecule is CCOc1cc(C(=O)NNC(=O)c2ccc(OC(C)C)c(OC)c2)c([N+](=O)[O-])cc1OC. The van der Waals surface area contributed by atoms with E-state index in [0.717, 1.165) is 6.07 Å². The number of amides is 2. The fourth-order valence-corrected chi connectivity index (χ4v) is 2.72. The number of nitro groups is 1. The minimum absolute atomic E-state index is 0.0928. The van der Waals surface area contributed by atoms with Crippen LogP contribution in [0.2, 0.25) is 0 Å². The second-order valence-corrected chi connectivity index (χ2v) is 6.65. The molecule has 2 aromatic carbocycles. The molecule has 0 saturated heterocycles. The predicted octanol–water partition coefficient (Wildman–Crippen LogP) is 2.87. The number of nitro benzene ring substituents is 1. The zero-order chi connectivity index (χ0) is 23.8. The van der Waals surface area contributed by atoms with E-state index in [1.807, 2.05) is 13.8 Å². The van der Waals surface area contributed by atoms with E-state index in [1.54, 1.807) is 13.0 Å². The molecule has 0 aromatic heterocycles. The number of hydrogen-bond donors (Lipinski definition) is 2. The highest BCUT2D eigenvalue weighted by Crippen LogP contribution is 2.34. The van der Waals surface area contributed by atoms with E-state index in [1.165, 1.54) is 32.4 Å². The molecule has 0 heterocycles. The summed E-state index contributed by atoms with van der Waals surface area (Å²) in [4.78, 5) is 35.7. The molecular weight excluding hydrogens is 422 g/mol. The van der Waals surface area contributed by atoms with Crippen molar-refractivity contribution in [2.24, 2.45) is 0 Å². The third-order valence-electron chi connectivity index (χ3n) is 4.10. The maximum Gasteiger partial charge on any atom is 0.286 e. The van der Waals surface area contributed by atoms with Gasteiger partial charge in [0.25, 0.3) is 17.5 Å². The van der Waals surface area contributed by atoms with E-state index in [4.69, 9.17) is 18.9 Å². The fourth-order valence-electron chi connectivity index (χ4n) is 2.72. The van der Waals surface area contributed by atoms with Gasteiger partial charge in [0.1, 0.15) is 5.56 Å². The normalized spacial score (nSPS) is 10.3. The molecule has 2 N–H and O–H groups in total. The Balaban J connectivity index is 2.22. The van der Waals surface area contributed by atoms with Crippen molar-refractivity contribution < 1.29 is 33.5 Å². The van der Waals surface area contributed by atoms with Gasteiger partial charge in [0.05, 0.1) is 37.9 Å². The maximum atomic E-state index is 12.6. The van der Waals surface area contributed by atoms with Gasteiger partial charge in [-0.1, -0.05) is 0 Å². The molecule has 11 heteroatoms. The highest BCUT2D eigenvalue weighted by molar-refractivity contribution is 6.02. The molecule has 0 aliphatic heterocycles. The van der Waals surface area contributed by atoms with Crippen LogP contribution in [0.3, 0.4) is 0 Å². The number of nitrogens with zero attached hydrogens (tertiary/aromatic N) is 1. The number of carbonyl (C=O) groups is 2. The van der Waals surface area contributed by atoms with Gasteiger partial charge in [-0.15, -0.1) is 0 Å². The lowest BCUT2D eigenvalue weighted by Crippen LogP contribution is -2.41. The van der Waals surface area contributed by atoms with Gasteiger partial charge in [0.15, 0.2) is 23.0 Å². The number of benzene rings is 2. The summed E-state index contributed by atoms with van der Waals surface area (Å²) in [7, 11) is 2.76. The number of hydrazine groups is 1. The molecule has 0 bridgehead atoms. The van der Waals surface area contributed by atoms with Crippen LogP contribution in [0.5, 0.6) is 23.0 Å². The predicted molar refractivity (Wildman–Crippen MR) is 115 cm³/mol. The van der Waals surface area contributed by atoms with Crippen molar-refractivity contribution in [3.8, 4) is 23.0 Å². The summed E-state index contributed by atoms with van der Waals surface area (Å²) in [5.41, 5.74) is 3.76. The summed E-state index contributed by atoms with van der Waals surface area (Å²) in [6.45, 7) is 5.67. The van der Waals surface area contributed by atoms with E-state index < -0.39 is 22.4 Å². The van der Waals surface area contributed by atoms with E-state index in [9.17, 15) is 19.7 Å². The standard InChI is InChI=1S/C21H25N3O8/c1-6-31-19-10-14(15(24(27)28)11-18(19)30-5)21(26)23-22-20(25)13-7-8-16(32-12(2)3)17(9-13)29-4/h7-12H,6H2,1-5H3,(H,22,25)(H,23,26). The molecule has 0 fully saturated rings. The van der Waals surface area contributed by atoms with Crippen molar-refractivity contribution in [2.45, 2.75) is 26.9 Å². The molecule has 11 nitrogen and oxygen atoms in total. The Morgan fingerprint density at radius 3 is 2.16 bits per heavy atom. The van der Waals surface area contributed by atoms with Gasteiger partial charge in [-0.2, -0.15) is 0 Å². The van der Waals surface area contributed by atoms with Gasteiger partial charge < -0.3 is 18.9 Å². The highest BCUT2D eigenvalue weighted by atomic mass is 16.6. The van der Waals surface area contributed by atoms with Crippen LogP contribution < -0.4 is 29.8 Å². The monoisotopic (exact) mass is 447 g/mol. The highest BCUT2D eigenvalue weighted by Gasteiger charge is 2.25. The Morgan fingerprint density at radius 1 is 0.969 bits per heavy atom. The lowest BCUT2D eigenvalue weighted by Gasteiger charge is -2.15. The second kappa shape index (κ2) is 10.8. The summed E-state index contributed by atoms with van der Waals surface area (Å²) in [5.74, 6) is -0.503. The second-order valence-electron chi connectivity index (χ2n) is 6.65. The molecular formula is C21H25N3O8. The van der Waals surface area contributed by atoms with E-state index >= 15 is 0 Å². The van der Waals surface area contributed by atoms with Gasteiger partial charge >= 0.3 is 0 Å². The van der Waals surface area contributed by atoms with E-state index in [-0.39, 0.29) is 35.3 Å². The zero-order valence-corrected chi connectivity index (χ0v) is 18.4. The van der Waals surface area contributed by atoms with E-state index in [2.05, 4.69) is 10.9 Å². The van der Waals surface area contributed by atoms with Gasteiger partial charge in [-0.25, -0.2) is 0 Å². The minimum Gasteiger partial charge on any atom is -0.493 e. The summed E-state index contributed by atoms with van der Waals surface area (Å²) >= 11 is 0. The van der Waals surface area contributed by atoms with Crippen LogP contribution in [-0.2, 0) is 0 Å². The molecule has 0 radical (unpaired) electrons. The van der Waals surface area contributed by atoms with Crippen LogP contribution in [-0.4, -0.2) is 43.7 Å². The Bertz CT molecular complexity index is 1010. The first-order valence-corrected chi connectivity index (χ1v) is 9.66. The Morgan fingerprint density at radius 2 is 1.59 bits per heavy atom. The number of carbonyl (C=O) groups excluding carboxylic acids is 2. The molecule has 32 heavy (non-hydrogen) atoms. The molecule has 0 aliphatic rings. The molecule has 2 amide bonds. The Kier molecular flexibility index (Phi) is 8.22. The van der Waals surface area contributed by atoms with Crippen molar-refractivity contribution >= 4 is 17.5 Å². The average molecular weight is 447 g/mol. The molecule has 0 spiro atoms. The Labute approximate surface area is 184 Å². The smallest absolute Gasteiger partial charge is 0.286 e. The molecule has 2 rings (SSSR count). The molecule has 172 valence electrons. The first-order valence-electron chi connectivity index (χ1n) is 9.66. The van der Waals surface area contributed by atoms with Crippen LogP contribution in [0, 0.1) is 10.1 Å². The summed E-state index contributed by atoms with van der Waals surface area (Å²) in [5, 5.41) is 11.4. The molecule has 0 aliphatic carbocycles. The number of hydrogen-bond acceptors (Lipinski definition) is 8. The summed E-state index contributed by atoms with van der Waals surface area (Å²) in [6, 6.07) is 6.77. The molecule has 2 aromatic rings. The molecule has 0 saturated carbocycles. The van der Waals surface area contributed by atoms with Crippen molar-refractivity contribution in [3.05, 3.63) is 51.6 Å². The van der Waals surface area contributed by atoms with E-state index in [0.29, 0.717) is 11.5 Å². The average Bonchev–Trinajstić information content (AvgIpc) is 2.76. The molecule has 0 unspecified atom stereocenters. The fraction of sp³-hybridized carbons (Fsp3) is 0.333. The van der Waals surface area contributed by atoms with Crippen molar-refractivity contribution in [1.29, 1.82) is 0 Å². The number of nitrogens with one attached hydrogen (secondary N) is 2. The minimum atomic E-state index is -0.902.